The molecule has 1 N–H and O–H groups in total. The maximum atomic E-state index is 12.2. The zero-order chi connectivity index (χ0) is 15.0. The molecule has 0 bridgehead atoms. The fourth-order valence-corrected chi connectivity index (χ4v) is 3.70. The summed E-state index contributed by atoms with van der Waals surface area (Å²) in [5, 5.41) is 2.73. The molecule has 3 amide bonds. The fourth-order valence-electron chi connectivity index (χ4n) is 3.70. The highest BCUT2D eigenvalue weighted by Crippen LogP contribution is 2.28. The van der Waals surface area contributed by atoms with Crippen molar-refractivity contribution >= 4 is 11.9 Å². The van der Waals surface area contributed by atoms with Crippen molar-refractivity contribution in [3.05, 3.63) is 0 Å². The normalized spacial score (nSPS) is 33.0. The average molecular weight is 295 g/mol. The Morgan fingerprint density at radius 2 is 2.00 bits per heavy atom. The lowest BCUT2D eigenvalue weighted by molar-refractivity contribution is -0.131. The Hall–Kier alpha value is -1.14. The van der Waals surface area contributed by atoms with Crippen LogP contribution in [0.5, 0.6) is 0 Å². The van der Waals surface area contributed by atoms with E-state index in [1.807, 2.05) is 0 Å². The lowest BCUT2D eigenvalue weighted by Gasteiger charge is -2.44. The summed E-state index contributed by atoms with van der Waals surface area (Å²) in [6.07, 6.45) is 5.13. The molecule has 3 aliphatic rings. The number of fused-ring (bicyclic) bond motifs is 1. The van der Waals surface area contributed by atoms with Gasteiger partial charge in [0.1, 0.15) is 5.54 Å². The summed E-state index contributed by atoms with van der Waals surface area (Å²) >= 11 is 0. The number of carbonyl (C=O) groups is 2. The van der Waals surface area contributed by atoms with Gasteiger partial charge < -0.3 is 10.1 Å². The van der Waals surface area contributed by atoms with Crippen LogP contribution >= 0.6 is 0 Å². The molecule has 2 atom stereocenters. The third kappa shape index (κ3) is 2.79. The van der Waals surface area contributed by atoms with Crippen LogP contribution < -0.4 is 5.32 Å². The number of nitrogens with one attached hydrogen (secondary N) is 1. The first-order chi connectivity index (χ1) is 9.99. The molecule has 0 aromatic carbocycles. The molecular formula is C15H25N3O3. The quantitative estimate of drug-likeness (QED) is 0.788. The Balaban J connectivity index is 1.59. The molecule has 1 aliphatic carbocycles. The molecule has 2 aliphatic heterocycles. The molecule has 2 heterocycles. The molecule has 2 unspecified atom stereocenters. The van der Waals surface area contributed by atoms with E-state index in [0.29, 0.717) is 18.7 Å². The maximum Gasteiger partial charge on any atom is 0.325 e. The van der Waals surface area contributed by atoms with Crippen LogP contribution in [0.2, 0.25) is 0 Å². The molecule has 3 rings (SSSR count). The summed E-state index contributed by atoms with van der Waals surface area (Å²) in [6.45, 7) is 6.37. The number of ether oxygens (including phenoxy) is 1. The Kier molecular flexibility index (Phi) is 3.92. The summed E-state index contributed by atoms with van der Waals surface area (Å²) in [7, 11) is 0. The van der Waals surface area contributed by atoms with Crippen molar-refractivity contribution in [2.75, 3.05) is 26.2 Å². The minimum atomic E-state index is -0.768. The van der Waals surface area contributed by atoms with Crippen molar-refractivity contribution in [2.45, 2.75) is 57.2 Å². The van der Waals surface area contributed by atoms with E-state index < -0.39 is 5.54 Å². The van der Waals surface area contributed by atoms with Crippen LogP contribution in [0, 0.1) is 0 Å². The van der Waals surface area contributed by atoms with Crippen LogP contribution in [0.25, 0.3) is 0 Å². The minimum absolute atomic E-state index is 0.124. The molecule has 0 aromatic heterocycles. The van der Waals surface area contributed by atoms with Crippen LogP contribution in [-0.2, 0) is 9.53 Å². The number of rotatable bonds is 3. The Labute approximate surface area is 125 Å². The molecule has 21 heavy (non-hydrogen) atoms. The highest BCUT2D eigenvalue weighted by molar-refractivity contribution is 6.06. The van der Waals surface area contributed by atoms with Crippen LogP contribution in [0.1, 0.15) is 39.5 Å². The van der Waals surface area contributed by atoms with Gasteiger partial charge in [-0.3, -0.25) is 14.6 Å². The molecule has 6 heteroatoms. The van der Waals surface area contributed by atoms with E-state index in [2.05, 4.69) is 10.2 Å². The predicted molar refractivity (Wildman–Crippen MR) is 77.9 cm³/mol. The SMILES string of the molecule is CC1(C)NC(=O)N(CCN2CCOC3CCCCC32)C1=O. The largest absolute Gasteiger partial charge is 0.375 e. The highest BCUT2D eigenvalue weighted by atomic mass is 16.5. The Bertz CT molecular complexity index is 436. The van der Waals surface area contributed by atoms with Crippen molar-refractivity contribution in [3.63, 3.8) is 0 Å². The molecule has 0 radical (unpaired) electrons. The first-order valence-electron chi connectivity index (χ1n) is 7.99. The number of hydrogen-bond acceptors (Lipinski definition) is 4. The van der Waals surface area contributed by atoms with Gasteiger partial charge in [0.15, 0.2) is 0 Å². The van der Waals surface area contributed by atoms with Gasteiger partial charge >= 0.3 is 6.03 Å². The zero-order valence-electron chi connectivity index (χ0n) is 12.9. The summed E-state index contributed by atoms with van der Waals surface area (Å²) in [6, 6.07) is 0.194. The topological polar surface area (TPSA) is 61.9 Å². The van der Waals surface area contributed by atoms with Crippen LogP contribution in [0.3, 0.4) is 0 Å². The van der Waals surface area contributed by atoms with Gasteiger partial charge in [-0.05, 0) is 26.7 Å². The molecule has 6 nitrogen and oxygen atoms in total. The van der Waals surface area contributed by atoms with Crippen molar-refractivity contribution in [3.8, 4) is 0 Å². The highest BCUT2D eigenvalue weighted by Gasteiger charge is 2.44. The molecule has 118 valence electrons. The van der Waals surface area contributed by atoms with Crippen molar-refractivity contribution < 1.29 is 14.3 Å². The van der Waals surface area contributed by atoms with Gasteiger partial charge in [0.2, 0.25) is 0 Å². The van der Waals surface area contributed by atoms with E-state index in [4.69, 9.17) is 4.74 Å². The van der Waals surface area contributed by atoms with Crippen LogP contribution in [-0.4, -0.2) is 65.7 Å². The van der Waals surface area contributed by atoms with Crippen LogP contribution in [0.15, 0.2) is 0 Å². The van der Waals surface area contributed by atoms with E-state index in [-0.39, 0.29) is 11.9 Å². The zero-order valence-corrected chi connectivity index (χ0v) is 12.9. The summed E-state index contributed by atoms with van der Waals surface area (Å²) in [5.41, 5.74) is -0.768. The molecule has 1 saturated carbocycles. The number of morpholine rings is 1. The summed E-state index contributed by atoms with van der Waals surface area (Å²) in [5.74, 6) is -0.124. The van der Waals surface area contributed by atoms with Crippen molar-refractivity contribution in [2.24, 2.45) is 0 Å². The van der Waals surface area contributed by atoms with Gasteiger partial charge in [-0.1, -0.05) is 12.8 Å². The minimum Gasteiger partial charge on any atom is -0.375 e. The number of amides is 3. The average Bonchev–Trinajstić information content (AvgIpc) is 2.65. The second-order valence-electron chi connectivity index (χ2n) is 6.81. The van der Waals surface area contributed by atoms with Gasteiger partial charge in [-0.15, -0.1) is 0 Å². The number of urea groups is 1. The first-order valence-corrected chi connectivity index (χ1v) is 7.99. The summed E-state index contributed by atoms with van der Waals surface area (Å²) in [4.78, 5) is 27.9. The smallest absolute Gasteiger partial charge is 0.325 e. The number of hydrogen-bond donors (Lipinski definition) is 1. The van der Waals surface area contributed by atoms with E-state index in [1.165, 1.54) is 17.7 Å². The van der Waals surface area contributed by atoms with E-state index >= 15 is 0 Å². The molecule has 0 spiro atoms. The Morgan fingerprint density at radius 3 is 2.71 bits per heavy atom. The maximum absolute atomic E-state index is 12.2. The molecule has 3 fully saturated rings. The van der Waals surface area contributed by atoms with Gasteiger partial charge in [0.25, 0.3) is 5.91 Å². The van der Waals surface area contributed by atoms with Gasteiger partial charge in [-0.2, -0.15) is 0 Å². The lowest BCUT2D eigenvalue weighted by Crippen LogP contribution is -2.54. The van der Waals surface area contributed by atoms with Crippen LogP contribution in [0.4, 0.5) is 4.79 Å². The van der Waals surface area contributed by atoms with E-state index in [1.54, 1.807) is 13.8 Å². The second-order valence-corrected chi connectivity index (χ2v) is 6.81. The summed E-state index contributed by atoms with van der Waals surface area (Å²) < 4.78 is 5.86. The molecule has 0 aromatic rings. The number of imide groups is 1. The predicted octanol–water partition coefficient (Wildman–Crippen LogP) is 0.960. The fraction of sp³-hybridized carbons (Fsp3) is 0.867. The van der Waals surface area contributed by atoms with E-state index in [9.17, 15) is 9.59 Å². The third-order valence-corrected chi connectivity index (χ3v) is 4.90. The third-order valence-electron chi connectivity index (χ3n) is 4.90. The standard InChI is InChI=1S/C15H25N3O3/c1-15(2)13(19)18(14(20)16-15)8-7-17-9-10-21-12-6-4-3-5-11(12)17/h11-12H,3-10H2,1-2H3,(H,16,20). The molecular weight excluding hydrogens is 270 g/mol. The van der Waals surface area contributed by atoms with Gasteiger partial charge in [0, 0.05) is 25.7 Å². The van der Waals surface area contributed by atoms with Gasteiger partial charge in [0.05, 0.1) is 12.7 Å². The Morgan fingerprint density at radius 1 is 1.24 bits per heavy atom. The van der Waals surface area contributed by atoms with Crippen molar-refractivity contribution in [1.29, 1.82) is 0 Å². The van der Waals surface area contributed by atoms with Gasteiger partial charge in [-0.25, -0.2) is 4.79 Å². The molecule has 2 saturated heterocycles. The lowest BCUT2D eigenvalue weighted by atomic mass is 9.90. The first kappa shape index (κ1) is 14.8. The second kappa shape index (κ2) is 5.57. The number of carbonyl (C=O) groups excluding carboxylic acids is 2. The monoisotopic (exact) mass is 295 g/mol. The number of nitrogens with zero attached hydrogens (tertiary/aromatic N) is 2. The van der Waals surface area contributed by atoms with E-state index in [0.717, 1.165) is 32.5 Å². The van der Waals surface area contributed by atoms with Crippen molar-refractivity contribution in [1.82, 2.24) is 15.1 Å².